The fourth-order valence-corrected chi connectivity index (χ4v) is 2.32. The number of phenols is 1. The van der Waals surface area contributed by atoms with E-state index in [1.807, 2.05) is 32.5 Å². The summed E-state index contributed by atoms with van der Waals surface area (Å²) in [6.45, 7) is 6.60. The van der Waals surface area contributed by atoms with Crippen LogP contribution in [0.15, 0.2) is 18.2 Å². The SMILES string of the molecule is Cc1nn(C)c(C)c1CNC(C)c1ccc(F)cc1O. The van der Waals surface area contributed by atoms with Crippen LogP contribution in [-0.2, 0) is 13.6 Å². The Bertz CT molecular complexity index is 622. The van der Waals surface area contributed by atoms with Crippen LogP contribution in [0.5, 0.6) is 5.75 Å². The van der Waals surface area contributed by atoms with E-state index in [9.17, 15) is 9.50 Å². The second-order valence-corrected chi connectivity index (χ2v) is 5.08. The highest BCUT2D eigenvalue weighted by Gasteiger charge is 2.14. The Morgan fingerprint density at radius 1 is 1.40 bits per heavy atom. The lowest BCUT2D eigenvalue weighted by Crippen LogP contribution is -2.19. The third kappa shape index (κ3) is 2.82. The first-order valence-corrected chi connectivity index (χ1v) is 6.61. The molecular weight excluding hydrogens is 257 g/mol. The van der Waals surface area contributed by atoms with Crippen LogP contribution in [0.25, 0.3) is 0 Å². The van der Waals surface area contributed by atoms with Gasteiger partial charge in [-0.2, -0.15) is 5.10 Å². The summed E-state index contributed by atoms with van der Waals surface area (Å²) >= 11 is 0. The molecule has 2 rings (SSSR count). The monoisotopic (exact) mass is 277 g/mol. The summed E-state index contributed by atoms with van der Waals surface area (Å²) in [6, 6.07) is 4.02. The van der Waals surface area contributed by atoms with Gasteiger partial charge in [-0.15, -0.1) is 0 Å². The summed E-state index contributed by atoms with van der Waals surface area (Å²) in [5.74, 6) is -0.456. The van der Waals surface area contributed by atoms with Crippen LogP contribution in [0.4, 0.5) is 4.39 Å². The third-order valence-corrected chi connectivity index (χ3v) is 3.70. The zero-order valence-corrected chi connectivity index (χ0v) is 12.2. The molecule has 1 aromatic carbocycles. The van der Waals surface area contributed by atoms with Gasteiger partial charge in [-0.05, 0) is 26.8 Å². The summed E-state index contributed by atoms with van der Waals surface area (Å²) in [5.41, 5.74) is 3.95. The lowest BCUT2D eigenvalue weighted by Gasteiger charge is -2.16. The Morgan fingerprint density at radius 2 is 2.10 bits per heavy atom. The fraction of sp³-hybridized carbons (Fsp3) is 0.400. The van der Waals surface area contributed by atoms with Crippen molar-refractivity contribution in [3.05, 3.63) is 46.5 Å². The number of aryl methyl sites for hydroxylation is 2. The Labute approximate surface area is 118 Å². The largest absolute Gasteiger partial charge is 0.508 e. The Balaban J connectivity index is 2.10. The number of halogens is 1. The molecule has 0 aliphatic rings. The molecule has 1 aromatic heterocycles. The molecular formula is C15H20FN3O. The normalized spacial score (nSPS) is 12.7. The van der Waals surface area contributed by atoms with Crippen molar-refractivity contribution < 1.29 is 9.50 Å². The van der Waals surface area contributed by atoms with Crippen LogP contribution >= 0.6 is 0 Å². The average Bonchev–Trinajstić information content (AvgIpc) is 2.61. The number of rotatable bonds is 4. The minimum atomic E-state index is -0.433. The van der Waals surface area contributed by atoms with Gasteiger partial charge in [0.2, 0.25) is 0 Å². The average molecular weight is 277 g/mol. The molecule has 1 unspecified atom stereocenters. The first-order chi connectivity index (χ1) is 9.40. The van der Waals surface area contributed by atoms with Gasteiger partial charge in [0, 0.05) is 42.5 Å². The van der Waals surface area contributed by atoms with Crippen molar-refractivity contribution in [2.24, 2.45) is 7.05 Å². The molecule has 0 fully saturated rings. The van der Waals surface area contributed by atoms with Gasteiger partial charge in [-0.1, -0.05) is 6.07 Å². The summed E-state index contributed by atoms with van der Waals surface area (Å²) in [6.07, 6.45) is 0. The number of hydrogen-bond acceptors (Lipinski definition) is 3. The molecule has 1 atom stereocenters. The van der Waals surface area contributed by atoms with E-state index in [4.69, 9.17) is 0 Å². The van der Waals surface area contributed by atoms with Crippen LogP contribution in [0.2, 0.25) is 0 Å². The van der Waals surface area contributed by atoms with Crippen molar-refractivity contribution in [2.75, 3.05) is 0 Å². The van der Waals surface area contributed by atoms with Crippen molar-refractivity contribution in [1.29, 1.82) is 0 Å². The van der Waals surface area contributed by atoms with Gasteiger partial charge in [0.1, 0.15) is 11.6 Å². The number of phenolic OH excluding ortho intramolecular Hbond substituents is 1. The van der Waals surface area contributed by atoms with Crippen molar-refractivity contribution in [2.45, 2.75) is 33.4 Å². The summed E-state index contributed by atoms with van der Waals surface area (Å²) in [5, 5.41) is 17.5. The van der Waals surface area contributed by atoms with Crippen molar-refractivity contribution in [3.8, 4) is 5.75 Å². The molecule has 0 bridgehead atoms. The van der Waals surface area contributed by atoms with E-state index in [1.165, 1.54) is 6.07 Å². The highest BCUT2D eigenvalue weighted by Crippen LogP contribution is 2.25. The van der Waals surface area contributed by atoms with Crippen LogP contribution < -0.4 is 5.32 Å². The van der Waals surface area contributed by atoms with E-state index >= 15 is 0 Å². The second kappa shape index (κ2) is 5.63. The molecule has 0 aliphatic carbocycles. The number of aromatic nitrogens is 2. The first-order valence-electron chi connectivity index (χ1n) is 6.61. The van der Waals surface area contributed by atoms with E-state index in [2.05, 4.69) is 10.4 Å². The molecule has 1 heterocycles. The number of nitrogens with one attached hydrogen (secondary N) is 1. The van der Waals surface area contributed by atoms with Crippen molar-refractivity contribution >= 4 is 0 Å². The van der Waals surface area contributed by atoms with Crippen molar-refractivity contribution in [3.63, 3.8) is 0 Å². The van der Waals surface area contributed by atoms with Crippen LogP contribution in [0.3, 0.4) is 0 Å². The number of benzene rings is 1. The molecule has 0 radical (unpaired) electrons. The van der Waals surface area contributed by atoms with Gasteiger partial charge in [0.05, 0.1) is 5.69 Å². The van der Waals surface area contributed by atoms with E-state index in [0.717, 1.165) is 23.0 Å². The highest BCUT2D eigenvalue weighted by atomic mass is 19.1. The maximum Gasteiger partial charge on any atom is 0.126 e. The highest BCUT2D eigenvalue weighted by molar-refractivity contribution is 5.35. The van der Waals surface area contributed by atoms with E-state index in [-0.39, 0.29) is 11.8 Å². The molecule has 0 saturated heterocycles. The van der Waals surface area contributed by atoms with Gasteiger partial charge in [-0.3, -0.25) is 4.68 Å². The summed E-state index contributed by atoms with van der Waals surface area (Å²) < 4.78 is 14.8. The van der Waals surface area contributed by atoms with Gasteiger partial charge in [-0.25, -0.2) is 4.39 Å². The quantitative estimate of drug-likeness (QED) is 0.903. The molecule has 4 nitrogen and oxygen atoms in total. The van der Waals surface area contributed by atoms with Gasteiger partial charge in [0.15, 0.2) is 0 Å². The Hall–Kier alpha value is -1.88. The maximum atomic E-state index is 13.0. The minimum absolute atomic E-state index is 0.0235. The van der Waals surface area contributed by atoms with Crippen LogP contribution in [0.1, 0.15) is 35.5 Å². The van der Waals surface area contributed by atoms with E-state index in [1.54, 1.807) is 6.07 Å². The van der Waals surface area contributed by atoms with Crippen LogP contribution in [-0.4, -0.2) is 14.9 Å². The zero-order valence-electron chi connectivity index (χ0n) is 12.2. The summed E-state index contributed by atoms with van der Waals surface area (Å²) in [7, 11) is 1.92. The number of hydrogen-bond donors (Lipinski definition) is 2. The first kappa shape index (κ1) is 14.5. The van der Waals surface area contributed by atoms with E-state index in [0.29, 0.717) is 12.1 Å². The number of aromatic hydroxyl groups is 1. The van der Waals surface area contributed by atoms with Gasteiger partial charge >= 0.3 is 0 Å². The smallest absolute Gasteiger partial charge is 0.126 e. The van der Waals surface area contributed by atoms with Crippen molar-refractivity contribution in [1.82, 2.24) is 15.1 Å². The fourth-order valence-electron chi connectivity index (χ4n) is 2.32. The molecule has 0 spiro atoms. The second-order valence-electron chi connectivity index (χ2n) is 5.08. The molecule has 2 N–H and O–H groups in total. The molecule has 108 valence electrons. The van der Waals surface area contributed by atoms with Gasteiger partial charge < -0.3 is 10.4 Å². The molecule has 0 saturated carbocycles. The third-order valence-electron chi connectivity index (χ3n) is 3.70. The number of nitrogens with zero attached hydrogens (tertiary/aromatic N) is 2. The molecule has 2 aromatic rings. The minimum Gasteiger partial charge on any atom is -0.508 e. The predicted octanol–water partition coefficient (Wildman–Crippen LogP) is 2.73. The Kier molecular flexibility index (Phi) is 4.09. The lowest BCUT2D eigenvalue weighted by atomic mass is 10.1. The Morgan fingerprint density at radius 3 is 2.65 bits per heavy atom. The van der Waals surface area contributed by atoms with Crippen LogP contribution in [0, 0.1) is 19.7 Å². The zero-order chi connectivity index (χ0) is 14.9. The molecule has 5 heteroatoms. The molecule has 20 heavy (non-hydrogen) atoms. The summed E-state index contributed by atoms with van der Waals surface area (Å²) in [4.78, 5) is 0. The lowest BCUT2D eigenvalue weighted by molar-refractivity contribution is 0.446. The molecule has 0 aliphatic heterocycles. The van der Waals surface area contributed by atoms with Gasteiger partial charge in [0.25, 0.3) is 0 Å². The van der Waals surface area contributed by atoms with E-state index < -0.39 is 5.82 Å². The molecule has 0 amide bonds. The standard InChI is InChI=1S/C15H20FN3O/c1-9(13-6-5-12(16)7-15(13)20)17-8-14-10(2)18-19(4)11(14)3/h5-7,9,17,20H,8H2,1-4H3. The predicted molar refractivity (Wildman–Crippen MR) is 76.0 cm³/mol. The maximum absolute atomic E-state index is 13.0. The topological polar surface area (TPSA) is 50.1 Å².